The van der Waals surface area contributed by atoms with Gasteiger partial charge in [0.15, 0.2) is 0 Å². The Bertz CT molecular complexity index is 532. The van der Waals surface area contributed by atoms with Crippen LogP contribution in [0.25, 0.3) is 0 Å². The van der Waals surface area contributed by atoms with Crippen molar-refractivity contribution in [1.29, 1.82) is 0 Å². The topological polar surface area (TPSA) is 28.2 Å². The van der Waals surface area contributed by atoms with Crippen LogP contribution in [-0.4, -0.2) is 35.6 Å². The van der Waals surface area contributed by atoms with Gasteiger partial charge < -0.3 is 10.2 Å². The Labute approximate surface area is 151 Å². The average Bonchev–Trinajstić information content (AvgIpc) is 2.60. The summed E-state index contributed by atoms with van der Waals surface area (Å²) in [7, 11) is 0. The highest BCUT2D eigenvalue weighted by Crippen LogP contribution is 2.27. The molecule has 0 atom stereocenters. The van der Waals surface area contributed by atoms with Crippen LogP contribution in [0.2, 0.25) is 5.02 Å². The molecule has 1 aliphatic heterocycles. The minimum atomic E-state index is 0.489. The second-order valence-electron chi connectivity index (χ2n) is 7.39. The first kappa shape index (κ1) is 17.8. The van der Waals surface area contributed by atoms with Crippen molar-refractivity contribution >= 4 is 17.4 Å². The molecule has 0 aromatic carbocycles. The summed E-state index contributed by atoms with van der Waals surface area (Å²) in [5.74, 6) is 1.77. The molecule has 0 amide bonds. The van der Waals surface area contributed by atoms with Crippen LogP contribution in [0, 0.1) is 5.92 Å². The predicted octanol–water partition coefficient (Wildman–Crippen LogP) is 4.92. The Morgan fingerprint density at radius 3 is 2.62 bits per heavy atom. The number of aromatic nitrogens is 1. The largest absolute Gasteiger partial charge is 0.366 e. The number of allylic oxidation sites excluding steroid dienone is 1. The lowest BCUT2D eigenvalue weighted by Gasteiger charge is -2.35. The molecule has 4 heteroatoms. The summed E-state index contributed by atoms with van der Waals surface area (Å²) in [5.41, 5.74) is 1.11. The highest BCUT2D eigenvalue weighted by Gasteiger charge is 2.23. The van der Waals surface area contributed by atoms with Crippen LogP contribution in [0.5, 0.6) is 0 Å². The third-order valence-corrected chi connectivity index (χ3v) is 5.74. The molecule has 2 aliphatic rings. The van der Waals surface area contributed by atoms with E-state index >= 15 is 0 Å². The summed E-state index contributed by atoms with van der Waals surface area (Å²) in [6.45, 7) is 7.46. The van der Waals surface area contributed by atoms with Gasteiger partial charge in [-0.05, 0) is 49.7 Å². The first-order valence-corrected chi connectivity index (χ1v) is 9.86. The third kappa shape index (κ3) is 4.97. The van der Waals surface area contributed by atoms with Crippen molar-refractivity contribution < 1.29 is 0 Å². The maximum Gasteiger partial charge on any atom is 0.144 e. The molecule has 1 aromatic heterocycles. The molecule has 2 heterocycles. The SMILES string of the molecule is C=CCc1cnc(NC2CCN(CC3CCCCC3)CC2)c(Cl)c1. The van der Waals surface area contributed by atoms with E-state index in [1.165, 1.54) is 64.6 Å². The summed E-state index contributed by atoms with van der Waals surface area (Å²) < 4.78 is 0. The Morgan fingerprint density at radius 2 is 1.96 bits per heavy atom. The van der Waals surface area contributed by atoms with E-state index in [2.05, 4.69) is 21.8 Å². The number of rotatable bonds is 6. The summed E-state index contributed by atoms with van der Waals surface area (Å²) in [6.07, 6.45) is 14.1. The van der Waals surface area contributed by atoms with Gasteiger partial charge in [0.05, 0.1) is 5.02 Å². The second-order valence-corrected chi connectivity index (χ2v) is 7.80. The summed E-state index contributed by atoms with van der Waals surface area (Å²) in [6, 6.07) is 2.49. The highest BCUT2D eigenvalue weighted by atomic mass is 35.5. The Kier molecular flexibility index (Phi) is 6.56. The fourth-order valence-electron chi connectivity index (χ4n) is 4.05. The minimum Gasteiger partial charge on any atom is -0.366 e. The van der Waals surface area contributed by atoms with Gasteiger partial charge in [-0.2, -0.15) is 0 Å². The number of piperidine rings is 1. The maximum atomic E-state index is 6.37. The van der Waals surface area contributed by atoms with Crippen LogP contribution in [0.4, 0.5) is 5.82 Å². The molecule has 0 unspecified atom stereocenters. The molecule has 2 fully saturated rings. The standard InChI is InChI=1S/C20H30ClN3/c1-2-6-17-13-19(21)20(22-14-17)23-18-9-11-24(12-10-18)15-16-7-4-3-5-8-16/h2,13-14,16,18H,1,3-12,15H2,(H,22,23). The molecule has 3 rings (SSSR count). The van der Waals surface area contributed by atoms with Crippen LogP contribution in [0.3, 0.4) is 0 Å². The van der Waals surface area contributed by atoms with Gasteiger partial charge in [0.2, 0.25) is 0 Å². The van der Waals surface area contributed by atoms with Crippen LogP contribution in [0.15, 0.2) is 24.9 Å². The van der Waals surface area contributed by atoms with Crippen molar-refractivity contribution in [3.63, 3.8) is 0 Å². The molecule has 0 spiro atoms. The maximum absolute atomic E-state index is 6.37. The van der Waals surface area contributed by atoms with E-state index in [-0.39, 0.29) is 0 Å². The van der Waals surface area contributed by atoms with E-state index in [1.807, 2.05) is 18.3 Å². The fourth-order valence-corrected chi connectivity index (χ4v) is 4.29. The van der Waals surface area contributed by atoms with E-state index in [1.54, 1.807) is 0 Å². The predicted molar refractivity (Wildman–Crippen MR) is 103 cm³/mol. The highest BCUT2D eigenvalue weighted by molar-refractivity contribution is 6.32. The summed E-state index contributed by atoms with van der Waals surface area (Å²) in [5, 5.41) is 4.27. The van der Waals surface area contributed by atoms with E-state index in [4.69, 9.17) is 11.6 Å². The molecular formula is C20H30ClN3. The van der Waals surface area contributed by atoms with E-state index in [0.717, 1.165) is 28.7 Å². The van der Waals surface area contributed by atoms with E-state index < -0.39 is 0 Å². The van der Waals surface area contributed by atoms with Crippen LogP contribution in [-0.2, 0) is 6.42 Å². The number of likely N-dealkylation sites (tertiary alicyclic amines) is 1. The van der Waals surface area contributed by atoms with Gasteiger partial charge >= 0.3 is 0 Å². The minimum absolute atomic E-state index is 0.489. The molecule has 1 saturated carbocycles. The van der Waals surface area contributed by atoms with Gasteiger partial charge in [-0.3, -0.25) is 0 Å². The first-order valence-electron chi connectivity index (χ1n) is 9.49. The number of hydrogen-bond donors (Lipinski definition) is 1. The number of hydrogen-bond acceptors (Lipinski definition) is 3. The molecule has 1 N–H and O–H groups in total. The van der Waals surface area contributed by atoms with E-state index in [9.17, 15) is 0 Å². The molecule has 1 saturated heterocycles. The zero-order chi connectivity index (χ0) is 16.8. The van der Waals surface area contributed by atoms with Crippen LogP contribution in [0.1, 0.15) is 50.5 Å². The monoisotopic (exact) mass is 347 g/mol. The molecule has 1 aromatic rings. The quantitative estimate of drug-likeness (QED) is 0.740. The first-order chi connectivity index (χ1) is 11.7. The van der Waals surface area contributed by atoms with Crippen molar-refractivity contribution in [2.24, 2.45) is 5.92 Å². The second kappa shape index (κ2) is 8.87. The molecule has 3 nitrogen and oxygen atoms in total. The van der Waals surface area contributed by atoms with Crippen molar-refractivity contribution in [1.82, 2.24) is 9.88 Å². The Hall–Kier alpha value is -1.06. The Balaban J connectivity index is 1.45. The summed E-state index contributed by atoms with van der Waals surface area (Å²) in [4.78, 5) is 7.16. The molecule has 0 radical (unpaired) electrons. The lowest BCUT2D eigenvalue weighted by atomic mass is 9.88. The fraction of sp³-hybridized carbons (Fsp3) is 0.650. The third-order valence-electron chi connectivity index (χ3n) is 5.45. The summed E-state index contributed by atoms with van der Waals surface area (Å²) >= 11 is 6.37. The number of halogens is 1. The molecule has 24 heavy (non-hydrogen) atoms. The van der Waals surface area contributed by atoms with Gasteiger partial charge in [0, 0.05) is 31.9 Å². The van der Waals surface area contributed by atoms with E-state index in [0.29, 0.717) is 6.04 Å². The molecule has 0 bridgehead atoms. The number of anilines is 1. The Morgan fingerprint density at radius 1 is 1.21 bits per heavy atom. The number of pyridine rings is 1. The van der Waals surface area contributed by atoms with Crippen molar-refractivity contribution in [3.05, 3.63) is 35.5 Å². The molecule has 1 aliphatic carbocycles. The number of nitrogens with one attached hydrogen (secondary N) is 1. The van der Waals surface area contributed by atoms with Crippen LogP contribution >= 0.6 is 11.6 Å². The zero-order valence-corrected chi connectivity index (χ0v) is 15.4. The lowest BCUT2D eigenvalue weighted by molar-refractivity contribution is 0.168. The molecular weight excluding hydrogens is 318 g/mol. The number of nitrogens with zero attached hydrogens (tertiary/aromatic N) is 2. The van der Waals surface area contributed by atoms with Crippen molar-refractivity contribution in [2.75, 3.05) is 25.0 Å². The van der Waals surface area contributed by atoms with Crippen molar-refractivity contribution in [2.45, 2.75) is 57.4 Å². The zero-order valence-electron chi connectivity index (χ0n) is 14.6. The lowest BCUT2D eigenvalue weighted by Crippen LogP contribution is -2.41. The van der Waals surface area contributed by atoms with Crippen molar-refractivity contribution in [3.8, 4) is 0 Å². The average molecular weight is 348 g/mol. The smallest absolute Gasteiger partial charge is 0.144 e. The normalized spacial score (nSPS) is 20.9. The van der Waals surface area contributed by atoms with Gasteiger partial charge in [-0.15, -0.1) is 6.58 Å². The van der Waals surface area contributed by atoms with Crippen LogP contribution < -0.4 is 5.32 Å². The molecule has 132 valence electrons. The van der Waals surface area contributed by atoms with Gasteiger partial charge in [-0.1, -0.05) is 36.9 Å². The van der Waals surface area contributed by atoms with Gasteiger partial charge in [-0.25, -0.2) is 4.98 Å². The van der Waals surface area contributed by atoms with Gasteiger partial charge in [0.1, 0.15) is 5.82 Å². The van der Waals surface area contributed by atoms with Gasteiger partial charge in [0.25, 0.3) is 0 Å².